The van der Waals surface area contributed by atoms with Gasteiger partial charge in [-0.05, 0) is 42.8 Å². The van der Waals surface area contributed by atoms with Gasteiger partial charge in [-0.15, -0.1) is 0 Å². The number of nitrogens with zero attached hydrogens (tertiary/aromatic N) is 3. The molecule has 1 aliphatic heterocycles. The van der Waals surface area contributed by atoms with Gasteiger partial charge in [-0.25, -0.2) is 4.98 Å². The molecule has 0 aliphatic carbocycles. The van der Waals surface area contributed by atoms with Gasteiger partial charge in [-0.1, -0.05) is 19.1 Å². The van der Waals surface area contributed by atoms with Crippen LogP contribution in [-0.2, 0) is 6.42 Å². The molecule has 2 amide bonds. The maximum absolute atomic E-state index is 13.1. The van der Waals surface area contributed by atoms with Crippen LogP contribution in [0.15, 0.2) is 42.6 Å². The molecule has 0 unspecified atom stereocenters. The molecule has 0 atom stereocenters. The molecular weight excluding hydrogens is 321 g/mol. The second-order valence-electron chi connectivity index (χ2n) is 5.98. The van der Waals surface area contributed by atoms with E-state index in [0.717, 1.165) is 18.7 Å². The lowest BCUT2D eigenvalue weighted by Gasteiger charge is -2.23. The van der Waals surface area contributed by atoms with Gasteiger partial charge >= 0.3 is 0 Å². The number of fused-ring (bicyclic) bond motifs is 1. The van der Waals surface area contributed by atoms with E-state index >= 15 is 0 Å². The fourth-order valence-corrected chi connectivity index (χ4v) is 3.00. The van der Waals surface area contributed by atoms with Crippen molar-refractivity contribution in [3.63, 3.8) is 0 Å². The predicted octanol–water partition coefficient (Wildman–Crippen LogP) is 2.38. The summed E-state index contributed by atoms with van der Waals surface area (Å²) in [6, 6.07) is 10.1. The predicted molar refractivity (Wildman–Crippen MR) is 91.8 cm³/mol. The number of rotatable bonds is 7. The van der Waals surface area contributed by atoms with Crippen molar-refractivity contribution in [3.05, 3.63) is 65.2 Å². The number of carbonyl (C=O) groups excluding carboxylic acids is 2. The minimum absolute atomic E-state index is 0.229. The first kappa shape index (κ1) is 17.2. The van der Waals surface area contributed by atoms with Crippen LogP contribution in [0.4, 0.5) is 4.39 Å². The van der Waals surface area contributed by atoms with Crippen LogP contribution in [0.1, 0.15) is 33.2 Å². The molecule has 2 heterocycles. The minimum Gasteiger partial charge on any atom is -0.302 e. The Labute approximate surface area is 146 Å². The Balaban J connectivity index is 1.57. The lowest BCUT2D eigenvalue weighted by atomic mass is 10.1. The van der Waals surface area contributed by atoms with E-state index in [-0.39, 0.29) is 11.8 Å². The van der Waals surface area contributed by atoms with E-state index < -0.39 is 5.95 Å². The van der Waals surface area contributed by atoms with Crippen molar-refractivity contribution in [2.24, 2.45) is 0 Å². The third kappa shape index (κ3) is 3.74. The average molecular weight is 341 g/mol. The van der Waals surface area contributed by atoms with Crippen LogP contribution in [0.2, 0.25) is 0 Å². The van der Waals surface area contributed by atoms with Crippen molar-refractivity contribution >= 4 is 11.8 Å². The fraction of sp³-hybridized carbons (Fsp3) is 0.316. The van der Waals surface area contributed by atoms with Crippen LogP contribution in [-0.4, -0.2) is 52.8 Å². The van der Waals surface area contributed by atoms with Gasteiger partial charge in [0, 0.05) is 25.8 Å². The Bertz CT molecular complexity index is 759. The first-order chi connectivity index (χ1) is 12.1. The van der Waals surface area contributed by atoms with Crippen molar-refractivity contribution in [2.75, 3.05) is 26.2 Å². The Morgan fingerprint density at radius 1 is 1.08 bits per heavy atom. The summed E-state index contributed by atoms with van der Waals surface area (Å²) in [5.41, 5.74) is 1.83. The van der Waals surface area contributed by atoms with Gasteiger partial charge in [0.2, 0.25) is 5.95 Å². The molecule has 0 bridgehead atoms. The highest BCUT2D eigenvalue weighted by atomic mass is 19.1. The molecule has 130 valence electrons. The summed E-state index contributed by atoms with van der Waals surface area (Å²) >= 11 is 0. The molecule has 6 heteroatoms. The molecule has 0 fully saturated rings. The van der Waals surface area contributed by atoms with Crippen molar-refractivity contribution < 1.29 is 14.0 Å². The number of carbonyl (C=O) groups is 2. The highest BCUT2D eigenvalue weighted by Gasteiger charge is 2.34. The molecular formula is C19H20FN3O2. The van der Waals surface area contributed by atoms with Crippen molar-refractivity contribution in [3.8, 4) is 0 Å². The minimum atomic E-state index is -0.480. The fourth-order valence-electron chi connectivity index (χ4n) is 3.00. The lowest BCUT2D eigenvalue weighted by Crippen LogP contribution is -2.39. The normalized spacial score (nSPS) is 13.6. The van der Waals surface area contributed by atoms with Gasteiger partial charge in [-0.2, -0.15) is 4.39 Å². The van der Waals surface area contributed by atoms with Crippen LogP contribution in [0.5, 0.6) is 0 Å². The molecule has 1 aliphatic rings. The van der Waals surface area contributed by atoms with Gasteiger partial charge in [0.05, 0.1) is 11.1 Å². The van der Waals surface area contributed by atoms with E-state index in [1.54, 1.807) is 30.3 Å². The Morgan fingerprint density at radius 3 is 2.36 bits per heavy atom. The third-order valence-electron chi connectivity index (χ3n) is 4.47. The number of amides is 2. The van der Waals surface area contributed by atoms with Crippen LogP contribution < -0.4 is 0 Å². The zero-order valence-corrected chi connectivity index (χ0v) is 14.1. The number of imide groups is 1. The van der Waals surface area contributed by atoms with Crippen molar-refractivity contribution in [1.29, 1.82) is 0 Å². The first-order valence-electron chi connectivity index (χ1n) is 8.38. The van der Waals surface area contributed by atoms with Crippen LogP contribution in [0.3, 0.4) is 0 Å². The van der Waals surface area contributed by atoms with Gasteiger partial charge in [-0.3, -0.25) is 14.5 Å². The second kappa shape index (κ2) is 7.53. The molecule has 2 aromatic rings. The smallest absolute Gasteiger partial charge is 0.261 e. The molecule has 25 heavy (non-hydrogen) atoms. The summed E-state index contributed by atoms with van der Waals surface area (Å²) in [5, 5.41) is 0. The van der Waals surface area contributed by atoms with Crippen LogP contribution >= 0.6 is 0 Å². The maximum Gasteiger partial charge on any atom is 0.261 e. The zero-order valence-electron chi connectivity index (χ0n) is 14.1. The quantitative estimate of drug-likeness (QED) is 0.573. The Hall–Kier alpha value is -2.60. The molecule has 0 N–H and O–H groups in total. The number of benzene rings is 1. The molecule has 0 saturated carbocycles. The number of halogens is 1. The summed E-state index contributed by atoms with van der Waals surface area (Å²) in [6.45, 7) is 4.48. The average Bonchev–Trinajstić information content (AvgIpc) is 2.87. The van der Waals surface area contributed by atoms with Gasteiger partial charge in [0.25, 0.3) is 11.8 Å². The molecule has 5 nitrogen and oxygen atoms in total. The van der Waals surface area contributed by atoms with E-state index in [2.05, 4.69) is 9.88 Å². The highest BCUT2D eigenvalue weighted by Crippen LogP contribution is 2.22. The zero-order chi connectivity index (χ0) is 17.8. The first-order valence-corrected chi connectivity index (χ1v) is 8.38. The second-order valence-corrected chi connectivity index (χ2v) is 5.98. The van der Waals surface area contributed by atoms with Gasteiger partial charge in [0.15, 0.2) is 0 Å². The number of aromatic nitrogens is 1. The van der Waals surface area contributed by atoms with Crippen LogP contribution in [0.25, 0.3) is 0 Å². The summed E-state index contributed by atoms with van der Waals surface area (Å²) in [5.74, 6) is -0.938. The Kier molecular flexibility index (Phi) is 5.19. The summed E-state index contributed by atoms with van der Waals surface area (Å²) < 4.78 is 13.1. The standard InChI is InChI=1S/C19H20FN3O2/c1-2-22(10-8-14-7-9-21-17(20)13-14)11-12-23-18(24)15-5-3-4-6-16(15)19(23)25/h3-7,9,13H,2,8,10-12H2,1H3. The van der Waals surface area contributed by atoms with E-state index in [0.29, 0.717) is 30.6 Å². The van der Waals surface area contributed by atoms with Crippen LogP contribution in [0, 0.1) is 5.95 Å². The van der Waals surface area contributed by atoms with E-state index in [9.17, 15) is 14.0 Å². The molecule has 0 spiro atoms. The topological polar surface area (TPSA) is 53.5 Å². The van der Waals surface area contributed by atoms with E-state index in [1.807, 2.05) is 6.92 Å². The monoisotopic (exact) mass is 341 g/mol. The maximum atomic E-state index is 13.1. The van der Waals surface area contributed by atoms with Crippen molar-refractivity contribution in [2.45, 2.75) is 13.3 Å². The largest absolute Gasteiger partial charge is 0.302 e. The highest BCUT2D eigenvalue weighted by molar-refractivity contribution is 6.21. The summed E-state index contributed by atoms with van der Waals surface area (Å²) in [6.07, 6.45) is 2.15. The number of hydrogen-bond donors (Lipinski definition) is 0. The molecule has 0 radical (unpaired) electrons. The SMILES string of the molecule is CCN(CCc1ccnc(F)c1)CCN1C(=O)c2ccccc2C1=O. The molecule has 3 rings (SSSR count). The molecule has 1 aromatic carbocycles. The number of hydrogen-bond acceptors (Lipinski definition) is 4. The van der Waals surface area contributed by atoms with Crippen molar-refractivity contribution in [1.82, 2.24) is 14.8 Å². The number of likely N-dealkylation sites (N-methyl/N-ethyl adjacent to an activating group) is 1. The molecule has 0 saturated heterocycles. The lowest BCUT2D eigenvalue weighted by molar-refractivity contribution is 0.0637. The van der Waals surface area contributed by atoms with E-state index in [4.69, 9.17) is 0 Å². The van der Waals surface area contributed by atoms with Gasteiger partial charge in [0.1, 0.15) is 0 Å². The van der Waals surface area contributed by atoms with Gasteiger partial charge < -0.3 is 4.90 Å². The Morgan fingerprint density at radius 2 is 1.76 bits per heavy atom. The number of pyridine rings is 1. The summed E-state index contributed by atoms with van der Waals surface area (Å²) in [4.78, 5) is 31.7. The van der Waals surface area contributed by atoms with E-state index in [1.165, 1.54) is 17.2 Å². The summed E-state index contributed by atoms with van der Waals surface area (Å²) in [7, 11) is 0. The molecule has 1 aromatic heterocycles. The third-order valence-corrected chi connectivity index (χ3v) is 4.47.